The lowest BCUT2D eigenvalue weighted by Crippen LogP contribution is -2.19. The molecule has 0 amide bonds. The van der Waals surface area contributed by atoms with E-state index in [2.05, 4.69) is 4.98 Å². The van der Waals surface area contributed by atoms with Gasteiger partial charge in [-0.1, -0.05) is 0 Å². The van der Waals surface area contributed by atoms with Crippen LogP contribution in [0.3, 0.4) is 0 Å². The molecule has 1 aliphatic rings. The number of carboxylic acid groups (broad SMARTS) is 2. The molecule has 8 heteroatoms. The quantitative estimate of drug-likeness (QED) is 0.887. The Balaban J connectivity index is 2.08. The number of carboxylic acids is 2. The largest absolute Gasteiger partial charge is 0.476 e. The maximum atomic E-state index is 13.2. The number of rotatable bonds is 3. The molecular weight excluding hydrogens is 295 g/mol. The van der Waals surface area contributed by atoms with Crippen molar-refractivity contribution in [2.75, 3.05) is 0 Å². The van der Waals surface area contributed by atoms with Crippen LogP contribution in [0.2, 0.25) is 0 Å². The summed E-state index contributed by atoms with van der Waals surface area (Å²) in [4.78, 5) is 38.0. The van der Waals surface area contributed by atoms with Crippen LogP contribution in [0.5, 0.6) is 0 Å². The third kappa shape index (κ3) is 2.05. The monoisotopic (exact) mass is 304 g/mol. The zero-order chi connectivity index (χ0) is 16.0. The molecule has 1 unspecified atom stereocenters. The Bertz CT molecular complexity index is 827. The van der Waals surface area contributed by atoms with Crippen molar-refractivity contribution >= 4 is 17.7 Å². The summed E-state index contributed by atoms with van der Waals surface area (Å²) in [7, 11) is 0. The van der Waals surface area contributed by atoms with Gasteiger partial charge in [-0.05, 0) is 23.8 Å². The first-order valence-electron chi connectivity index (χ1n) is 6.26. The number of hydrogen-bond donors (Lipinski definition) is 2. The standard InChI is InChI=1S/C14H9FN2O5/c15-7-1-2-8-6(3-7)4-10(11(8)18)17-5-9(13(19)20)16-12(17)14(21)22/h1-3,5,10H,4H2,(H,19,20)(H,21,22). The molecule has 2 N–H and O–H groups in total. The van der Waals surface area contributed by atoms with E-state index in [0.717, 1.165) is 16.8 Å². The molecule has 0 spiro atoms. The minimum absolute atomic E-state index is 0.0849. The summed E-state index contributed by atoms with van der Waals surface area (Å²) in [5.41, 5.74) is 0.289. The lowest BCUT2D eigenvalue weighted by Gasteiger charge is -2.11. The molecule has 0 saturated carbocycles. The molecule has 112 valence electrons. The Hall–Kier alpha value is -3.03. The fraction of sp³-hybridized carbons (Fsp3) is 0.143. The van der Waals surface area contributed by atoms with Crippen LogP contribution < -0.4 is 0 Å². The van der Waals surface area contributed by atoms with Gasteiger partial charge in [0, 0.05) is 18.2 Å². The maximum absolute atomic E-state index is 13.2. The van der Waals surface area contributed by atoms with E-state index in [1.54, 1.807) is 0 Å². The van der Waals surface area contributed by atoms with Gasteiger partial charge in [0.25, 0.3) is 0 Å². The van der Waals surface area contributed by atoms with Crippen LogP contribution in [0, 0.1) is 5.82 Å². The van der Waals surface area contributed by atoms with Gasteiger partial charge in [0.05, 0.1) is 0 Å². The average Bonchev–Trinajstić information content (AvgIpc) is 3.00. The number of halogens is 1. The normalized spacial score (nSPS) is 16.6. The second-order valence-corrected chi connectivity index (χ2v) is 4.85. The van der Waals surface area contributed by atoms with Gasteiger partial charge < -0.3 is 14.8 Å². The van der Waals surface area contributed by atoms with Crippen LogP contribution in [0.4, 0.5) is 4.39 Å². The van der Waals surface area contributed by atoms with E-state index in [-0.39, 0.29) is 6.42 Å². The van der Waals surface area contributed by atoms with Gasteiger partial charge in [0.1, 0.15) is 11.9 Å². The molecule has 1 aromatic carbocycles. The van der Waals surface area contributed by atoms with Gasteiger partial charge in [-0.3, -0.25) is 4.79 Å². The highest BCUT2D eigenvalue weighted by molar-refractivity contribution is 6.04. The predicted molar refractivity (Wildman–Crippen MR) is 69.6 cm³/mol. The van der Waals surface area contributed by atoms with E-state index in [0.29, 0.717) is 11.1 Å². The summed E-state index contributed by atoms with van der Waals surface area (Å²) >= 11 is 0. The molecule has 0 saturated heterocycles. The van der Waals surface area contributed by atoms with E-state index in [1.807, 2.05) is 0 Å². The third-order valence-corrected chi connectivity index (χ3v) is 3.53. The minimum Gasteiger partial charge on any atom is -0.476 e. The number of imidazole rings is 1. The fourth-order valence-electron chi connectivity index (χ4n) is 2.57. The Labute approximate surface area is 122 Å². The highest BCUT2D eigenvalue weighted by atomic mass is 19.1. The Morgan fingerprint density at radius 1 is 1.27 bits per heavy atom. The number of hydrogen-bond acceptors (Lipinski definition) is 4. The first-order chi connectivity index (χ1) is 10.4. The number of aromatic carboxylic acids is 2. The number of ketones is 1. The number of carbonyl (C=O) groups excluding carboxylic acids is 1. The van der Waals surface area contributed by atoms with Gasteiger partial charge in [-0.25, -0.2) is 19.0 Å². The van der Waals surface area contributed by atoms with Crippen molar-refractivity contribution in [1.82, 2.24) is 9.55 Å². The summed E-state index contributed by atoms with van der Waals surface area (Å²) in [6, 6.07) is 2.75. The van der Waals surface area contributed by atoms with E-state index in [9.17, 15) is 18.8 Å². The first-order valence-corrected chi connectivity index (χ1v) is 6.26. The third-order valence-electron chi connectivity index (χ3n) is 3.53. The summed E-state index contributed by atoms with van der Waals surface area (Å²) in [6.45, 7) is 0. The van der Waals surface area contributed by atoms with Gasteiger partial charge in [-0.15, -0.1) is 0 Å². The lowest BCUT2D eigenvalue weighted by atomic mass is 10.1. The minimum atomic E-state index is -1.44. The predicted octanol–water partition coefficient (Wildman–Crippen LogP) is 1.40. The highest BCUT2D eigenvalue weighted by Gasteiger charge is 2.35. The molecule has 1 atom stereocenters. The van der Waals surface area contributed by atoms with Crippen LogP contribution in [0.25, 0.3) is 0 Å². The molecule has 3 rings (SSSR count). The number of fused-ring (bicyclic) bond motifs is 1. The molecule has 2 aromatic rings. The number of aromatic nitrogens is 2. The van der Waals surface area contributed by atoms with Crippen molar-refractivity contribution in [2.45, 2.75) is 12.5 Å². The topological polar surface area (TPSA) is 109 Å². The van der Waals surface area contributed by atoms with Crippen LogP contribution >= 0.6 is 0 Å². The molecule has 0 bridgehead atoms. The van der Waals surface area contributed by atoms with Gasteiger partial charge in [0.15, 0.2) is 11.5 Å². The van der Waals surface area contributed by atoms with Crippen LogP contribution in [0.1, 0.15) is 43.1 Å². The summed E-state index contributed by atoms with van der Waals surface area (Å²) in [5.74, 6) is -4.27. The molecule has 0 radical (unpaired) electrons. The fourth-order valence-corrected chi connectivity index (χ4v) is 2.57. The summed E-state index contributed by atoms with van der Waals surface area (Å²) in [6.07, 6.45) is 1.10. The van der Waals surface area contributed by atoms with E-state index >= 15 is 0 Å². The van der Waals surface area contributed by atoms with E-state index < -0.39 is 41.1 Å². The average molecular weight is 304 g/mol. The zero-order valence-electron chi connectivity index (χ0n) is 11.0. The SMILES string of the molecule is O=C(O)c1cn(C2Cc3cc(F)ccc3C2=O)c(C(=O)O)n1. The van der Waals surface area contributed by atoms with Crippen LogP contribution in [-0.2, 0) is 6.42 Å². The molecule has 1 aromatic heterocycles. The molecule has 0 aliphatic heterocycles. The van der Waals surface area contributed by atoms with Crippen molar-refractivity contribution < 1.29 is 29.0 Å². The van der Waals surface area contributed by atoms with Gasteiger partial charge in [-0.2, -0.15) is 0 Å². The number of carbonyl (C=O) groups is 3. The van der Waals surface area contributed by atoms with Crippen molar-refractivity contribution in [2.24, 2.45) is 0 Å². The molecular formula is C14H9FN2O5. The Morgan fingerprint density at radius 2 is 2.00 bits per heavy atom. The highest BCUT2D eigenvalue weighted by Crippen LogP contribution is 2.31. The van der Waals surface area contributed by atoms with E-state index in [1.165, 1.54) is 12.1 Å². The first kappa shape index (κ1) is 13.9. The zero-order valence-corrected chi connectivity index (χ0v) is 11.0. The Morgan fingerprint density at radius 3 is 2.64 bits per heavy atom. The molecule has 22 heavy (non-hydrogen) atoms. The second kappa shape index (κ2) is 4.76. The molecule has 1 heterocycles. The van der Waals surface area contributed by atoms with Crippen molar-refractivity contribution in [3.8, 4) is 0 Å². The van der Waals surface area contributed by atoms with Gasteiger partial charge >= 0.3 is 11.9 Å². The lowest BCUT2D eigenvalue weighted by molar-refractivity contribution is 0.0674. The summed E-state index contributed by atoms with van der Waals surface area (Å²) in [5, 5.41) is 18.0. The van der Waals surface area contributed by atoms with Crippen molar-refractivity contribution in [3.63, 3.8) is 0 Å². The maximum Gasteiger partial charge on any atom is 0.372 e. The molecule has 7 nitrogen and oxygen atoms in total. The number of nitrogens with zero attached hydrogens (tertiary/aromatic N) is 2. The van der Waals surface area contributed by atoms with Crippen molar-refractivity contribution in [3.05, 3.63) is 52.9 Å². The number of Topliss-reactive ketones (excluding diaryl/α,β-unsaturated/α-hetero) is 1. The second-order valence-electron chi connectivity index (χ2n) is 4.85. The van der Waals surface area contributed by atoms with Crippen LogP contribution in [-0.4, -0.2) is 37.5 Å². The molecule has 0 fully saturated rings. The smallest absolute Gasteiger partial charge is 0.372 e. The van der Waals surface area contributed by atoms with E-state index in [4.69, 9.17) is 10.2 Å². The summed E-state index contributed by atoms with van der Waals surface area (Å²) < 4.78 is 14.3. The van der Waals surface area contributed by atoms with Crippen molar-refractivity contribution in [1.29, 1.82) is 0 Å². The molecule has 1 aliphatic carbocycles. The van der Waals surface area contributed by atoms with Crippen LogP contribution in [0.15, 0.2) is 24.4 Å². The number of benzene rings is 1. The van der Waals surface area contributed by atoms with Gasteiger partial charge in [0.2, 0.25) is 5.82 Å². The Kier molecular flexibility index (Phi) is 3.01.